The topological polar surface area (TPSA) is 51.3 Å². The minimum Gasteiger partial charge on any atom is -0.494 e. The van der Waals surface area contributed by atoms with Crippen LogP contribution >= 0.6 is 31.9 Å². The molecule has 0 saturated carbocycles. The second-order valence-electron chi connectivity index (χ2n) is 4.07. The maximum Gasteiger partial charge on any atom is 0.355 e. The van der Waals surface area contributed by atoms with E-state index < -0.39 is 11.8 Å². The summed E-state index contributed by atoms with van der Waals surface area (Å²) in [6.45, 7) is 2.00. The van der Waals surface area contributed by atoms with Crippen LogP contribution in [-0.4, -0.2) is 24.7 Å². The Morgan fingerprint density at radius 3 is 2.67 bits per heavy atom. The number of hydrogen-bond acceptors (Lipinski definition) is 3. The lowest BCUT2D eigenvalue weighted by molar-refractivity contribution is 0.0519. The van der Waals surface area contributed by atoms with Crippen LogP contribution in [0.2, 0.25) is 0 Å². The smallest absolute Gasteiger partial charge is 0.355 e. The van der Waals surface area contributed by atoms with E-state index in [1.54, 1.807) is 13.0 Å². The van der Waals surface area contributed by atoms with Gasteiger partial charge in [-0.2, -0.15) is 0 Å². The minimum atomic E-state index is -0.481. The van der Waals surface area contributed by atoms with Crippen molar-refractivity contribution in [3.05, 3.63) is 38.8 Å². The van der Waals surface area contributed by atoms with Gasteiger partial charge in [-0.25, -0.2) is 9.18 Å². The average Bonchev–Trinajstić information content (AvgIpc) is 2.74. The number of aromatic nitrogens is 1. The van der Waals surface area contributed by atoms with Crippen LogP contribution < -0.4 is 4.74 Å². The molecular formula is C14H12Br2FNO3. The van der Waals surface area contributed by atoms with Gasteiger partial charge in [0.25, 0.3) is 0 Å². The van der Waals surface area contributed by atoms with Crippen molar-refractivity contribution >= 4 is 37.8 Å². The van der Waals surface area contributed by atoms with Crippen LogP contribution in [0.4, 0.5) is 4.39 Å². The molecule has 2 rings (SSSR count). The molecule has 4 nitrogen and oxygen atoms in total. The van der Waals surface area contributed by atoms with Gasteiger partial charge in [0.15, 0.2) is 11.6 Å². The molecule has 7 heteroatoms. The Hall–Kier alpha value is -1.34. The fraction of sp³-hybridized carbons (Fsp3) is 0.214. The van der Waals surface area contributed by atoms with Gasteiger partial charge >= 0.3 is 5.97 Å². The summed E-state index contributed by atoms with van der Waals surface area (Å²) in [6, 6.07) is 4.57. The van der Waals surface area contributed by atoms with Crippen LogP contribution in [-0.2, 0) is 4.74 Å². The fourth-order valence-corrected chi connectivity index (χ4v) is 3.45. The van der Waals surface area contributed by atoms with Gasteiger partial charge in [0, 0.05) is 5.56 Å². The summed E-state index contributed by atoms with van der Waals surface area (Å²) in [4.78, 5) is 14.7. The highest BCUT2D eigenvalue weighted by Crippen LogP contribution is 2.39. The zero-order valence-corrected chi connectivity index (χ0v) is 14.5. The third-order valence-corrected chi connectivity index (χ3v) is 4.20. The number of H-pyrrole nitrogens is 1. The summed E-state index contributed by atoms with van der Waals surface area (Å²) in [6.07, 6.45) is 0. The van der Waals surface area contributed by atoms with Crippen LogP contribution in [0.5, 0.6) is 5.75 Å². The SMILES string of the molecule is CCOC(=O)c1[nH]c(Br)c(-c2ccc(OC)c(F)c2)c1Br. The van der Waals surface area contributed by atoms with E-state index in [9.17, 15) is 9.18 Å². The summed E-state index contributed by atoms with van der Waals surface area (Å²) < 4.78 is 24.7. The van der Waals surface area contributed by atoms with E-state index >= 15 is 0 Å². The molecule has 0 radical (unpaired) electrons. The Morgan fingerprint density at radius 2 is 2.10 bits per heavy atom. The molecule has 0 unspecified atom stereocenters. The maximum absolute atomic E-state index is 13.8. The normalized spacial score (nSPS) is 10.5. The number of esters is 1. The third kappa shape index (κ3) is 3.13. The number of rotatable bonds is 4. The van der Waals surface area contributed by atoms with E-state index in [0.717, 1.165) is 0 Å². The van der Waals surface area contributed by atoms with Crippen LogP contribution in [0.15, 0.2) is 27.3 Å². The number of benzene rings is 1. The first-order chi connectivity index (χ1) is 9.99. The minimum absolute atomic E-state index is 0.159. The Morgan fingerprint density at radius 1 is 1.38 bits per heavy atom. The number of halogens is 3. The highest BCUT2D eigenvalue weighted by atomic mass is 79.9. The molecule has 0 fully saturated rings. The number of ether oxygens (including phenoxy) is 2. The van der Waals surface area contributed by atoms with Crippen molar-refractivity contribution in [1.29, 1.82) is 0 Å². The first-order valence-corrected chi connectivity index (χ1v) is 7.66. The van der Waals surface area contributed by atoms with Gasteiger partial charge in [0.2, 0.25) is 0 Å². The van der Waals surface area contributed by atoms with Gasteiger partial charge in [0.05, 0.1) is 22.8 Å². The number of methoxy groups -OCH3 is 1. The summed E-state index contributed by atoms with van der Waals surface area (Å²) in [5, 5.41) is 0. The number of hydrogen-bond donors (Lipinski definition) is 1. The van der Waals surface area contributed by atoms with Gasteiger partial charge in [-0.3, -0.25) is 0 Å². The summed E-state index contributed by atoms with van der Waals surface area (Å²) in [5.74, 6) is -0.801. The third-order valence-electron chi connectivity index (χ3n) is 2.81. The second kappa shape index (κ2) is 6.62. The molecular weight excluding hydrogens is 409 g/mol. The molecule has 0 spiro atoms. The van der Waals surface area contributed by atoms with Gasteiger partial charge in [-0.15, -0.1) is 0 Å². The fourth-order valence-electron chi connectivity index (χ4n) is 1.87. The molecule has 0 atom stereocenters. The van der Waals surface area contributed by atoms with Crippen molar-refractivity contribution in [3.63, 3.8) is 0 Å². The van der Waals surface area contributed by atoms with E-state index in [0.29, 0.717) is 20.2 Å². The van der Waals surface area contributed by atoms with Crippen LogP contribution in [0.25, 0.3) is 11.1 Å². The molecule has 21 heavy (non-hydrogen) atoms. The molecule has 1 N–H and O–H groups in total. The van der Waals surface area contributed by atoms with Crippen LogP contribution in [0.1, 0.15) is 17.4 Å². The number of aromatic amines is 1. The van der Waals surface area contributed by atoms with E-state index in [1.807, 2.05) is 0 Å². The number of carbonyl (C=O) groups is 1. The lowest BCUT2D eigenvalue weighted by Crippen LogP contribution is -2.05. The Labute approximate surface area is 137 Å². The van der Waals surface area contributed by atoms with Gasteiger partial charge in [0.1, 0.15) is 5.69 Å². The second-order valence-corrected chi connectivity index (χ2v) is 5.66. The van der Waals surface area contributed by atoms with E-state index in [-0.39, 0.29) is 18.1 Å². The highest BCUT2D eigenvalue weighted by molar-refractivity contribution is 9.11. The zero-order chi connectivity index (χ0) is 15.6. The van der Waals surface area contributed by atoms with Gasteiger partial charge in [-0.1, -0.05) is 6.07 Å². The maximum atomic E-state index is 13.8. The summed E-state index contributed by atoms with van der Waals surface area (Å²) >= 11 is 6.69. The number of nitrogens with one attached hydrogen (secondary N) is 1. The van der Waals surface area contributed by atoms with Crippen LogP contribution in [0, 0.1) is 5.82 Å². The molecule has 0 amide bonds. The summed E-state index contributed by atoms with van der Waals surface area (Å²) in [7, 11) is 1.40. The van der Waals surface area contributed by atoms with Crippen molar-refractivity contribution < 1.29 is 18.7 Å². The quantitative estimate of drug-likeness (QED) is 0.739. The largest absolute Gasteiger partial charge is 0.494 e. The van der Waals surface area contributed by atoms with Crippen molar-refractivity contribution in [2.75, 3.05) is 13.7 Å². The van der Waals surface area contributed by atoms with Crippen LogP contribution in [0.3, 0.4) is 0 Å². The molecule has 0 aliphatic carbocycles. The lowest BCUT2D eigenvalue weighted by Gasteiger charge is -2.05. The zero-order valence-electron chi connectivity index (χ0n) is 11.3. The van der Waals surface area contributed by atoms with E-state index in [1.165, 1.54) is 19.2 Å². The predicted octanol–water partition coefficient (Wildman–Crippen LogP) is 4.53. The molecule has 0 saturated heterocycles. The Kier molecular flexibility index (Phi) is 5.05. The van der Waals surface area contributed by atoms with Crippen molar-refractivity contribution in [2.24, 2.45) is 0 Å². The monoisotopic (exact) mass is 419 g/mol. The molecule has 0 aliphatic rings. The lowest BCUT2D eigenvalue weighted by atomic mass is 10.1. The first kappa shape index (κ1) is 16.0. The van der Waals surface area contributed by atoms with Crippen molar-refractivity contribution in [2.45, 2.75) is 6.92 Å². The molecule has 0 aliphatic heterocycles. The van der Waals surface area contributed by atoms with Crippen molar-refractivity contribution in [3.8, 4) is 16.9 Å². The molecule has 1 aromatic heterocycles. The molecule has 1 heterocycles. The predicted molar refractivity (Wildman–Crippen MR) is 84.1 cm³/mol. The standard InChI is InChI=1S/C14H12Br2FNO3/c1-3-21-14(19)12-11(15)10(13(16)18-12)7-4-5-9(20-2)8(17)6-7/h4-6,18H,3H2,1-2H3. The Balaban J connectivity index is 2.50. The van der Waals surface area contributed by atoms with Gasteiger partial charge in [-0.05, 0) is 56.5 Å². The van der Waals surface area contributed by atoms with E-state index in [2.05, 4.69) is 36.8 Å². The Bertz CT molecular complexity index is 685. The number of carbonyl (C=O) groups excluding carboxylic acids is 1. The van der Waals surface area contributed by atoms with Gasteiger partial charge < -0.3 is 14.5 Å². The molecule has 112 valence electrons. The first-order valence-electron chi connectivity index (χ1n) is 6.07. The molecule has 2 aromatic rings. The van der Waals surface area contributed by atoms with Crippen molar-refractivity contribution in [1.82, 2.24) is 4.98 Å². The summed E-state index contributed by atoms with van der Waals surface area (Å²) in [5.41, 5.74) is 1.51. The van der Waals surface area contributed by atoms with E-state index in [4.69, 9.17) is 9.47 Å². The highest BCUT2D eigenvalue weighted by Gasteiger charge is 2.22. The average molecular weight is 421 g/mol. The molecule has 1 aromatic carbocycles. The molecule has 0 bridgehead atoms.